The third kappa shape index (κ3) is 2.88. The van der Waals surface area contributed by atoms with E-state index in [1.807, 2.05) is 31.7 Å². The van der Waals surface area contributed by atoms with Crippen molar-refractivity contribution >= 4 is 11.8 Å². The summed E-state index contributed by atoms with van der Waals surface area (Å²) in [5, 5.41) is 3.86. The lowest BCUT2D eigenvalue weighted by Crippen LogP contribution is -2.56. The highest BCUT2D eigenvalue weighted by Crippen LogP contribution is 2.51. The van der Waals surface area contributed by atoms with Crippen LogP contribution in [0.25, 0.3) is 5.69 Å². The van der Waals surface area contributed by atoms with E-state index in [9.17, 15) is 4.79 Å². The van der Waals surface area contributed by atoms with E-state index in [2.05, 4.69) is 40.3 Å². The highest BCUT2D eigenvalue weighted by atomic mass is 16.6. The molecule has 2 saturated heterocycles. The van der Waals surface area contributed by atoms with Crippen LogP contribution in [0.2, 0.25) is 0 Å². The van der Waals surface area contributed by atoms with Crippen molar-refractivity contribution in [1.29, 1.82) is 0 Å². The second-order valence-corrected chi connectivity index (χ2v) is 9.53. The molecule has 2 atom stereocenters. The second kappa shape index (κ2) is 6.18. The number of ether oxygens (including phenoxy) is 2. The monoisotopic (exact) mass is 395 g/mol. The van der Waals surface area contributed by atoms with Crippen LogP contribution in [0.15, 0.2) is 36.5 Å². The molecule has 0 aliphatic carbocycles. The zero-order valence-corrected chi connectivity index (χ0v) is 17.6. The van der Waals surface area contributed by atoms with Gasteiger partial charge in [0.25, 0.3) is 0 Å². The first-order valence-electron chi connectivity index (χ1n) is 10.5. The lowest BCUT2D eigenvalue weighted by atomic mass is 9.78. The number of nitrogens with one attached hydrogen (secondary N) is 1. The highest BCUT2D eigenvalue weighted by molar-refractivity contribution is 5.72. The Kier molecular flexibility index (Phi) is 3.92. The molecule has 2 unspecified atom stereocenters. The first-order chi connectivity index (χ1) is 13.8. The molecule has 5 rings (SSSR count). The van der Waals surface area contributed by atoms with Crippen LogP contribution in [0.4, 0.5) is 10.5 Å². The topological polar surface area (TPSA) is 55.7 Å². The molecular formula is C23H29N3O3. The number of hydrogen-bond donors (Lipinski definition) is 1. The summed E-state index contributed by atoms with van der Waals surface area (Å²) in [6.07, 6.45) is 5.77. The third-order valence-corrected chi connectivity index (χ3v) is 6.47. The summed E-state index contributed by atoms with van der Waals surface area (Å²) in [7, 11) is 1.70. The molecule has 0 radical (unpaired) electrons. The lowest BCUT2D eigenvalue weighted by molar-refractivity contribution is 0.0000662. The van der Waals surface area contributed by atoms with Crippen molar-refractivity contribution in [2.24, 2.45) is 0 Å². The van der Waals surface area contributed by atoms with Gasteiger partial charge in [0, 0.05) is 30.0 Å². The normalized spacial score (nSPS) is 27.2. The van der Waals surface area contributed by atoms with Gasteiger partial charge < -0.3 is 24.3 Å². The highest BCUT2D eigenvalue weighted by Gasteiger charge is 2.53. The van der Waals surface area contributed by atoms with Gasteiger partial charge >= 0.3 is 6.09 Å². The van der Waals surface area contributed by atoms with E-state index in [-0.39, 0.29) is 23.7 Å². The Labute approximate surface area is 171 Å². The summed E-state index contributed by atoms with van der Waals surface area (Å²) in [4.78, 5) is 14.9. The number of hydrogen-bond acceptors (Lipinski definition) is 4. The Morgan fingerprint density at radius 3 is 2.55 bits per heavy atom. The molecule has 6 nitrogen and oxygen atoms in total. The fourth-order valence-corrected chi connectivity index (χ4v) is 5.43. The van der Waals surface area contributed by atoms with Gasteiger partial charge in [-0.2, -0.15) is 0 Å². The molecule has 2 fully saturated rings. The van der Waals surface area contributed by atoms with Crippen molar-refractivity contribution in [2.45, 2.75) is 69.7 Å². The SMILES string of the molecule is COc1ccc2c(c1)NC1(CC3CCC(C1)N3C(=O)OC(C)(C)C)c1cccn1-2. The molecule has 1 spiro atoms. The number of anilines is 1. The number of benzene rings is 1. The summed E-state index contributed by atoms with van der Waals surface area (Å²) in [6.45, 7) is 5.79. The van der Waals surface area contributed by atoms with Gasteiger partial charge in [-0.15, -0.1) is 0 Å². The van der Waals surface area contributed by atoms with Crippen molar-refractivity contribution in [2.75, 3.05) is 12.4 Å². The van der Waals surface area contributed by atoms with E-state index >= 15 is 0 Å². The number of carbonyl (C=O) groups excluding carboxylic acids is 1. The molecule has 2 aromatic rings. The average molecular weight is 396 g/mol. The third-order valence-electron chi connectivity index (χ3n) is 6.47. The lowest BCUT2D eigenvalue weighted by Gasteiger charge is -2.49. The Morgan fingerprint density at radius 1 is 1.17 bits per heavy atom. The number of rotatable bonds is 1. The number of piperidine rings is 1. The molecular weight excluding hydrogens is 366 g/mol. The standard InChI is InChI=1S/C23H29N3O3/c1-22(2,3)29-21(27)26-15-7-8-16(26)14-23(13-15)20-6-5-11-25(20)19-10-9-17(28-4)12-18(19)24-23/h5-6,9-12,15-16,24H,7-8,13-14H2,1-4H3. The predicted octanol–water partition coefficient (Wildman–Crippen LogP) is 4.67. The van der Waals surface area contributed by atoms with Gasteiger partial charge in [-0.05, 0) is 70.7 Å². The molecule has 1 aromatic heterocycles. The minimum absolute atomic E-state index is 0.173. The molecule has 6 heteroatoms. The summed E-state index contributed by atoms with van der Waals surface area (Å²) >= 11 is 0. The van der Waals surface area contributed by atoms with Crippen molar-refractivity contribution in [3.63, 3.8) is 0 Å². The fourth-order valence-electron chi connectivity index (χ4n) is 5.43. The first kappa shape index (κ1) is 18.4. The van der Waals surface area contributed by atoms with E-state index in [1.165, 1.54) is 5.69 Å². The van der Waals surface area contributed by atoms with Crippen LogP contribution in [-0.4, -0.2) is 40.4 Å². The summed E-state index contributed by atoms with van der Waals surface area (Å²) in [5.41, 5.74) is 2.83. The van der Waals surface area contributed by atoms with Gasteiger partial charge in [0.2, 0.25) is 0 Å². The predicted molar refractivity (Wildman–Crippen MR) is 112 cm³/mol. The van der Waals surface area contributed by atoms with Crippen LogP contribution < -0.4 is 10.1 Å². The van der Waals surface area contributed by atoms with Gasteiger partial charge in [-0.25, -0.2) is 4.79 Å². The Bertz CT molecular complexity index is 945. The molecule has 4 heterocycles. The molecule has 3 aliphatic heterocycles. The molecule has 0 saturated carbocycles. The van der Waals surface area contributed by atoms with E-state index in [1.54, 1.807) is 7.11 Å². The van der Waals surface area contributed by atoms with E-state index in [0.717, 1.165) is 42.8 Å². The summed E-state index contributed by atoms with van der Waals surface area (Å²) < 4.78 is 13.5. The maximum Gasteiger partial charge on any atom is 0.410 e. The maximum absolute atomic E-state index is 12.9. The number of amides is 1. The summed E-state index contributed by atoms with van der Waals surface area (Å²) in [5.74, 6) is 0.844. The number of fused-ring (bicyclic) bond motifs is 6. The van der Waals surface area contributed by atoms with Crippen molar-refractivity contribution in [3.8, 4) is 11.4 Å². The molecule has 3 aliphatic rings. The zero-order valence-electron chi connectivity index (χ0n) is 17.6. The molecule has 1 N–H and O–H groups in total. The van der Waals surface area contributed by atoms with E-state index < -0.39 is 5.60 Å². The van der Waals surface area contributed by atoms with Crippen LogP contribution in [0, 0.1) is 0 Å². The molecule has 2 bridgehead atoms. The van der Waals surface area contributed by atoms with Gasteiger partial charge in [0.05, 0.1) is 24.0 Å². The molecule has 1 amide bonds. The molecule has 29 heavy (non-hydrogen) atoms. The molecule has 1 aromatic carbocycles. The van der Waals surface area contributed by atoms with Crippen LogP contribution in [0.1, 0.15) is 52.1 Å². The van der Waals surface area contributed by atoms with Gasteiger partial charge in [-0.3, -0.25) is 0 Å². The van der Waals surface area contributed by atoms with Crippen LogP contribution in [0.3, 0.4) is 0 Å². The summed E-state index contributed by atoms with van der Waals surface area (Å²) in [6, 6.07) is 10.9. The Hall–Kier alpha value is -2.63. The van der Waals surface area contributed by atoms with Crippen molar-refractivity contribution < 1.29 is 14.3 Å². The van der Waals surface area contributed by atoms with Crippen molar-refractivity contribution in [1.82, 2.24) is 9.47 Å². The second-order valence-electron chi connectivity index (χ2n) is 9.53. The maximum atomic E-state index is 12.9. The smallest absolute Gasteiger partial charge is 0.410 e. The zero-order chi connectivity index (χ0) is 20.4. The largest absolute Gasteiger partial charge is 0.497 e. The Balaban J connectivity index is 1.50. The number of carbonyl (C=O) groups is 1. The molecule has 154 valence electrons. The van der Waals surface area contributed by atoms with Crippen LogP contribution in [0.5, 0.6) is 5.75 Å². The van der Waals surface area contributed by atoms with Gasteiger partial charge in [0.1, 0.15) is 11.4 Å². The van der Waals surface area contributed by atoms with Crippen LogP contribution >= 0.6 is 0 Å². The van der Waals surface area contributed by atoms with Crippen LogP contribution in [-0.2, 0) is 10.3 Å². The number of methoxy groups -OCH3 is 1. The van der Waals surface area contributed by atoms with Gasteiger partial charge in [0.15, 0.2) is 0 Å². The number of nitrogens with zero attached hydrogens (tertiary/aromatic N) is 2. The number of aromatic nitrogens is 1. The Morgan fingerprint density at radius 2 is 1.90 bits per heavy atom. The van der Waals surface area contributed by atoms with Crippen molar-refractivity contribution in [3.05, 3.63) is 42.2 Å². The van der Waals surface area contributed by atoms with E-state index in [4.69, 9.17) is 9.47 Å². The average Bonchev–Trinajstić information content (AvgIpc) is 3.25. The minimum Gasteiger partial charge on any atom is -0.497 e. The van der Waals surface area contributed by atoms with Gasteiger partial charge in [-0.1, -0.05) is 0 Å². The fraction of sp³-hybridized carbons (Fsp3) is 0.522. The minimum atomic E-state index is -0.473. The first-order valence-corrected chi connectivity index (χ1v) is 10.5. The van der Waals surface area contributed by atoms with E-state index in [0.29, 0.717) is 0 Å². The quantitative estimate of drug-likeness (QED) is 0.762.